The second-order valence-electron chi connectivity index (χ2n) is 5.39. The fourth-order valence-corrected chi connectivity index (χ4v) is 3.74. The smallest absolute Gasteiger partial charge is 0.305 e. The Kier molecular flexibility index (Phi) is 4.31. The van der Waals surface area contributed by atoms with E-state index in [1.54, 1.807) is 0 Å². The Bertz CT molecular complexity index is 222. The number of rotatable bonds is 6. The van der Waals surface area contributed by atoms with Gasteiger partial charge in [-0.25, -0.2) is 0 Å². The summed E-state index contributed by atoms with van der Waals surface area (Å²) < 4.78 is 4.93. The summed E-state index contributed by atoms with van der Waals surface area (Å²) in [6.45, 7) is 3.39. The van der Waals surface area contributed by atoms with Crippen molar-refractivity contribution in [2.75, 3.05) is 6.61 Å². The van der Waals surface area contributed by atoms with Gasteiger partial charge < -0.3 is 4.74 Å². The molecular formula is C13H23BO2. The van der Waals surface area contributed by atoms with E-state index in [1.165, 1.54) is 38.4 Å². The van der Waals surface area contributed by atoms with Crippen LogP contribution in [0.5, 0.6) is 0 Å². The summed E-state index contributed by atoms with van der Waals surface area (Å²) in [6.07, 6.45) is 10.1. The molecule has 2 nitrogen and oxygen atoms in total. The lowest BCUT2D eigenvalue weighted by atomic mass is 9.39. The molecule has 3 heteroatoms. The second-order valence-corrected chi connectivity index (χ2v) is 5.39. The van der Waals surface area contributed by atoms with E-state index in [0.717, 1.165) is 24.8 Å². The van der Waals surface area contributed by atoms with Crippen LogP contribution in [0.15, 0.2) is 0 Å². The molecule has 2 fully saturated rings. The fourth-order valence-electron chi connectivity index (χ4n) is 3.74. The third-order valence-corrected chi connectivity index (χ3v) is 4.50. The van der Waals surface area contributed by atoms with Gasteiger partial charge in [-0.3, -0.25) is 4.79 Å². The third-order valence-electron chi connectivity index (χ3n) is 4.50. The molecule has 0 unspecified atom stereocenters. The van der Waals surface area contributed by atoms with E-state index in [1.807, 2.05) is 6.92 Å². The monoisotopic (exact) mass is 222 g/mol. The van der Waals surface area contributed by atoms with Crippen molar-refractivity contribution < 1.29 is 9.53 Å². The normalized spacial score (nSPS) is 27.4. The van der Waals surface area contributed by atoms with Crippen LogP contribution in [-0.4, -0.2) is 19.3 Å². The van der Waals surface area contributed by atoms with E-state index in [0.29, 0.717) is 13.0 Å². The second kappa shape index (κ2) is 5.74. The van der Waals surface area contributed by atoms with Gasteiger partial charge in [0.05, 0.1) is 6.61 Å². The van der Waals surface area contributed by atoms with E-state index in [2.05, 4.69) is 0 Å². The van der Waals surface area contributed by atoms with Gasteiger partial charge in [0.1, 0.15) is 6.71 Å². The minimum Gasteiger partial charge on any atom is -0.466 e. The zero-order valence-electron chi connectivity index (χ0n) is 10.4. The van der Waals surface area contributed by atoms with Crippen LogP contribution in [-0.2, 0) is 9.53 Å². The van der Waals surface area contributed by atoms with Gasteiger partial charge in [0.2, 0.25) is 0 Å². The summed E-state index contributed by atoms with van der Waals surface area (Å²) >= 11 is 0. The van der Waals surface area contributed by atoms with Crippen molar-refractivity contribution in [2.45, 2.75) is 69.8 Å². The highest BCUT2D eigenvalue weighted by Crippen LogP contribution is 2.53. The maximum atomic E-state index is 11.2. The lowest BCUT2D eigenvalue weighted by molar-refractivity contribution is -0.143. The van der Waals surface area contributed by atoms with E-state index < -0.39 is 0 Å². The van der Waals surface area contributed by atoms with E-state index in [-0.39, 0.29) is 5.97 Å². The summed E-state index contributed by atoms with van der Waals surface area (Å²) in [5.74, 6) is 2.05. The Morgan fingerprint density at radius 2 is 1.81 bits per heavy atom. The molecule has 2 aliphatic rings. The largest absolute Gasteiger partial charge is 0.466 e. The molecule has 90 valence electrons. The minimum absolute atomic E-state index is 0.0168. The van der Waals surface area contributed by atoms with Gasteiger partial charge in [-0.15, -0.1) is 0 Å². The van der Waals surface area contributed by atoms with Crippen LogP contribution in [0.25, 0.3) is 0 Å². The molecule has 0 aromatic carbocycles. The number of hydrogen-bond acceptors (Lipinski definition) is 2. The lowest BCUT2D eigenvalue weighted by Gasteiger charge is -2.10. The van der Waals surface area contributed by atoms with Gasteiger partial charge >= 0.3 is 5.97 Å². The highest BCUT2D eigenvalue weighted by Gasteiger charge is 2.43. The molecule has 0 aliphatic carbocycles. The van der Waals surface area contributed by atoms with Gasteiger partial charge in [0.15, 0.2) is 0 Å². The van der Waals surface area contributed by atoms with E-state index in [4.69, 9.17) is 4.74 Å². The Balaban J connectivity index is 1.57. The van der Waals surface area contributed by atoms with Crippen LogP contribution in [0.4, 0.5) is 0 Å². The average molecular weight is 222 g/mol. The number of carbonyl (C=O) groups is 1. The molecule has 2 heterocycles. The summed E-state index contributed by atoms with van der Waals surface area (Å²) in [7, 11) is 0. The maximum Gasteiger partial charge on any atom is 0.305 e. The van der Waals surface area contributed by atoms with Gasteiger partial charge in [0, 0.05) is 6.42 Å². The number of ether oxygens (including phenoxy) is 1. The Hall–Kier alpha value is -0.465. The fraction of sp³-hybridized carbons (Fsp3) is 0.923. The van der Waals surface area contributed by atoms with Crippen molar-refractivity contribution in [3.8, 4) is 0 Å². The Morgan fingerprint density at radius 3 is 2.38 bits per heavy atom. The van der Waals surface area contributed by atoms with Crippen LogP contribution in [0.1, 0.15) is 51.9 Å². The molecule has 2 bridgehead atoms. The molecule has 0 aromatic rings. The number of hydrogen-bond donors (Lipinski definition) is 0. The predicted molar refractivity (Wildman–Crippen MR) is 67.0 cm³/mol. The van der Waals surface area contributed by atoms with Crippen LogP contribution in [0.2, 0.25) is 18.0 Å². The first-order chi connectivity index (χ1) is 7.81. The van der Waals surface area contributed by atoms with E-state index in [9.17, 15) is 4.79 Å². The molecule has 0 N–H and O–H groups in total. The highest BCUT2D eigenvalue weighted by molar-refractivity contribution is 6.63. The topological polar surface area (TPSA) is 26.3 Å². The van der Waals surface area contributed by atoms with Crippen molar-refractivity contribution in [2.24, 2.45) is 0 Å². The van der Waals surface area contributed by atoms with Gasteiger partial charge in [0.25, 0.3) is 0 Å². The zero-order chi connectivity index (χ0) is 11.4. The average Bonchev–Trinajstić information content (AvgIpc) is 2.84. The minimum atomic E-state index is -0.0168. The summed E-state index contributed by atoms with van der Waals surface area (Å²) in [5, 5.41) is 0. The van der Waals surface area contributed by atoms with Crippen molar-refractivity contribution >= 4 is 12.7 Å². The number of unbranched alkanes of at least 4 members (excludes halogenated alkanes) is 1. The molecule has 0 radical (unpaired) electrons. The Labute approximate surface area is 99.2 Å². The lowest BCUT2D eigenvalue weighted by Crippen LogP contribution is -2.13. The molecule has 2 aliphatic heterocycles. The Morgan fingerprint density at radius 1 is 1.19 bits per heavy atom. The summed E-state index contributed by atoms with van der Waals surface area (Å²) in [6, 6.07) is 0. The number of esters is 1. The van der Waals surface area contributed by atoms with Crippen molar-refractivity contribution in [3.05, 3.63) is 0 Å². The quantitative estimate of drug-likeness (QED) is 0.390. The molecule has 0 saturated carbocycles. The van der Waals surface area contributed by atoms with Gasteiger partial charge in [-0.05, 0) is 13.3 Å². The molecule has 2 saturated heterocycles. The molecular weight excluding hydrogens is 199 g/mol. The molecule has 0 spiro atoms. The SMILES string of the molecule is CCOC(=O)CCCCB1C2CCC1CC2. The zero-order valence-corrected chi connectivity index (χ0v) is 10.4. The molecule has 0 amide bonds. The third kappa shape index (κ3) is 2.80. The molecule has 0 aromatic heterocycles. The predicted octanol–water partition coefficient (Wildman–Crippen LogP) is 3.54. The number of fused-ring (bicyclic) bond motifs is 2. The molecule has 16 heavy (non-hydrogen) atoms. The highest BCUT2D eigenvalue weighted by atomic mass is 16.5. The van der Waals surface area contributed by atoms with Crippen LogP contribution < -0.4 is 0 Å². The van der Waals surface area contributed by atoms with Crippen molar-refractivity contribution in [3.63, 3.8) is 0 Å². The van der Waals surface area contributed by atoms with Crippen LogP contribution in [0.3, 0.4) is 0 Å². The summed E-state index contributed by atoms with van der Waals surface area (Å²) in [4.78, 5) is 11.2. The standard InChI is InChI=1S/C13H23BO2/c1-2-16-13(15)5-3-4-10-14-11-6-7-12(14)9-8-11/h11-12H,2-10H2,1H3. The molecule has 0 atom stereocenters. The van der Waals surface area contributed by atoms with Gasteiger partial charge in [-0.2, -0.15) is 0 Å². The summed E-state index contributed by atoms with van der Waals surface area (Å²) in [5.41, 5.74) is 0. The van der Waals surface area contributed by atoms with E-state index >= 15 is 0 Å². The van der Waals surface area contributed by atoms with Crippen LogP contribution >= 0.6 is 0 Å². The number of carbonyl (C=O) groups excluding carboxylic acids is 1. The maximum absolute atomic E-state index is 11.2. The molecule has 2 rings (SSSR count). The van der Waals surface area contributed by atoms with Crippen molar-refractivity contribution in [1.82, 2.24) is 0 Å². The first kappa shape index (κ1) is 12.0. The van der Waals surface area contributed by atoms with Crippen LogP contribution in [0, 0.1) is 0 Å². The first-order valence-corrected chi connectivity index (χ1v) is 6.97. The van der Waals surface area contributed by atoms with Gasteiger partial charge in [-0.1, -0.05) is 50.1 Å². The first-order valence-electron chi connectivity index (χ1n) is 6.97. The van der Waals surface area contributed by atoms with Crippen molar-refractivity contribution in [1.29, 1.82) is 0 Å².